The van der Waals surface area contributed by atoms with Crippen molar-refractivity contribution in [3.05, 3.63) is 94.9 Å². The van der Waals surface area contributed by atoms with E-state index in [1.165, 1.54) is 5.56 Å². The molecule has 0 aliphatic heterocycles. The Bertz CT molecular complexity index is 1050. The number of rotatable bonds is 9. The van der Waals surface area contributed by atoms with Crippen molar-refractivity contribution in [1.82, 2.24) is 9.80 Å². The second kappa shape index (κ2) is 9.86. The van der Waals surface area contributed by atoms with Crippen molar-refractivity contribution in [3.63, 3.8) is 0 Å². The molecular formula is C27H30N2O3. The van der Waals surface area contributed by atoms with Gasteiger partial charge in [0.1, 0.15) is 18.1 Å². The van der Waals surface area contributed by atoms with E-state index >= 15 is 0 Å². The zero-order chi connectivity index (χ0) is 22.5. The topological polar surface area (TPSA) is 53.8 Å². The van der Waals surface area contributed by atoms with E-state index in [9.17, 15) is 9.59 Å². The minimum Gasteiger partial charge on any atom is -0.464 e. The average molecular weight is 431 g/mol. The van der Waals surface area contributed by atoms with Crippen LogP contribution in [0.2, 0.25) is 0 Å². The minimum atomic E-state index is -0.0716. The Morgan fingerprint density at radius 2 is 1.66 bits per heavy atom. The molecule has 4 rings (SSSR count). The molecule has 0 atom stereocenters. The van der Waals surface area contributed by atoms with E-state index in [2.05, 4.69) is 12.1 Å². The summed E-state index contributed by atoms with van der Waals surface area (Å²) >= 11 is 0. The first-order chi connectivity index (χ1) is 15.5. The predicted molar refractivity (Wildman–Crippen MR) is 124 cm³/mol. The Balaban J connectivity index is 1.48. The third kappa shape index (κ3) is 5.67. The fraction of sp³-hybridized carbons (Fsp3) is 0.333. The predicted octanol–water partition coefficient (Wildman–Crippen LogP) is 4.77. The molecule has 0 N–H and O–H groups in total. The van der Waals surface area contributed by atoms with Gasteiger partial charge in [0.15, 0.2) is 0 Å². The SMILES string of the molecule is Cc1ccc(C(=O)N(CC(=O)N(CCc2ccccc2)Cc2ccc(C)o2)C2CC2)cc1. The molecule has 0 spiro atoms. The van der Waals surface area contributed by atoms with Crippen molar-refractivity contribution in [2.24, 2.45) is 0 Å². The maximum absolute atomic E-state index is 13.4. The summed E-state index contributed by atoms with van der Waals surface area (Å²) in [5.74, 6) is 1.46. The van der Waals surface area contributed by atoms with Gasteiger partial charge in [0, 0.05) is 18.2 Å². The molecule has 1 aliphatic rings. The van der Waals surface area contributed by atoms with Gasteiger partial charge in [-0.2, -0.15) is 0 Å². The molecule has 166 valence electrons. The molecule has 1 aliphatic carbocycles. The van der Waals surface area contributed by atoms with Crippen molar-refractivity contribution >= 4 is 11.8 Å². The van der Waals surface area contributed by atoms with E-state index in [0.29, 0.717) is 18.7 Å². The second-order valence-corrected chi connectivity index (χ2v) is 8.59. The van der Waals surface area contributed by atoms with Gasteiger partial charge in [-0.1, -0.05) is 48.0 Å². The van der Waals surface area contributed by atoms with Gasteiger partial charge >= 0.3 is 0 Å². The van der Waals surface area contributed by atoms with Gasteiger partial charge in [-0.25, -0.2) is 0 Å². The maximum Gasteiger partial charge on any atom is 0.254 e. The summed E-state index contributed by atoms with van der Waals surface area (Å²) in [7, 11) is 0. The van der Waals surface area contributed by atoms with Crippen molar-refractivity contribution in [2.45, 2.75) is 45.7 Å². The van der Waals surface area contributed by atoms with Gasteiger partial charge in [0.2, 0.25) is 5.91 Å². The lowest BCUT2D eigenvalue weighted by Crippen LogP contribution is -2.44. The number of furan rings is 1. The molecule has 1 heterocycles. The summed E-state index contributed by atoms with van der Waals surface area (Å²) in [5, 5.41) is 0. The standard InChI is InChI=1S/C27H30N2O3/c1-20-8-11-23(12-9-20)27(31)29(24-13-14-24)19-26(30)28(18-25-15-10-21(2)32-25)17-16-22-6-4-3-5-7-22/h3-12,15,24H,13-14,16-19H2,1-2H3. The van der Waals surface area contributed by atoms with Gasteiger partial charge in [0.25, 0.3) is 5.91 Å². The van der Waals surface area contributed by atoms with E-state index in [1.807, 2.05) is 73.3 Å². The van der Waals surface area contributed by atoms with Crippen molar-refractivity contribution in [2.75, 3.05) is 13.1 Å². The lowest BCUT2D eigenvalue weighted by molar-refractivity contribution is -0.132. The van der Waals surface area contributed by atoms with E-state index < -0.39 is 0 Å². The molecule has 0 bridgehead atoms. The van der Waals surface area contributed by atoms with Crippen molar-refractivity contribution in [3.8, 4) is 0 Å². The first kappa shape index (κ1) is 21.9. The molecule has 2 aromatic carbocycles. The van der Waals surface area contributed by atoms with Crippen LogP contribution in [-0.4, -0.2) is 40.7 Å². The van der Waals surface area contributed by atoms with Crippen LogP contribution in [0.5, 0.6) is 0 Å². The van der Waals surface area contributed by atoms with Crippen molar-refractivity contribution in [1.29, 1.82) is 0 Å². The lowest BCUT2D eigenvalue weighted by Gasteiger charge is -2.27. The second-order valence-electron chi connectivity index (χ2n) is 8.59. The van der Waals surface area contributed by atoms with Crippen molar-refractivity contribution < 1.29 is 14.0 Å². The zero-order valence-corrected chi connectivity index (χ0v) is 18.8. The molecule has 0 saturated heterocycles. The molecule has 5 nitrogen and oxygen atoms in total. The molecule has 3 aromatic rings. The molecule has 32 heavy (non-hydrogen) atoms. The average Bonchev–Trinajstić information content (AvgIpc) is 3.56. The summed E-state index contributed by atoms with van der Waals surface area (Å²) in [6.07, 6.45) is 2.65. The van der Waals surface area contributed by atoms with Crippen LogP contribution in [0.1, 0.15) is 45.8 Å². The normalized spacial score (nSPS) is 13.1. The molecule has 2 amide bonds. The van der Waals surface area contributed by atoms with Crippen LogP contribution in [-0.2, 0) is 17.8 Å². The summed E-state index contributed by atoms with van der Waals surface area (Å²) in [6.45, 7) is 4.95. The van der Waals surface area contributed by atoms with Crippen LogP contribution < -0.4 is 0 Å². The minimum absolute atomic E-state index is 0.0534. The molecule has 1 aromatic heterocycles. The highest BCUT2D eigenvalue weighted by Gasteiger charge is 2.35. The quantitative estimate of drug-likeness (QED) is 0.491. The first-order valence-electron chi connectivity index (χ1n) is 11.2. The van der Waals surface area contributed by atoms with Crippen LogP contribution in [0.15, 0.2) is 71.1 Å². The van der Waals surface area contributed by atoms with Gasteiger partial charge in [-0.15, -0.1) is 0 Å². The Labute approximate surface area is 189 Å². The number of amides is 2. The Kier molecular flexibility index (Phi) is 6.74. The molecule has 0 unspecified atom stereocenters. The third-order valence-corrected chi connectivity index (χ3v) is 5.86. The van der Waals surface area contributed by atoms with Crippen LogP contribution in [0, 0.1) is 13.8 Å². The monoisotopic (exact) mass is 430 g/mol. The Morgan fingerprint density at radius 1 is 0.938 bits per heavy atom. The number of aryl methyl sites for hydroxylation is 2. The van der Waals surface area contributed by atoms with Crippen LogP contribution >= 0.6 is 0 Å². The molecule has 1 saturated carbocycles. The fourth-order valence-corrected chi connectivity index (χ4v) is 3.82. The highest BCUT2D eigenvalue weighted by Crippen LogP contribution is 2.28. The summed E-state index contributed by atoms with van der Waals surface area (Å²) in [4.78, 5) is 30.1. The third-order valence-electron chi connectivity index (χ3n) is 5.86. The van der Waals surface area contributed by atoms with E-state index in [4.69, 9.17) is 4.42 Å². The van der Waals surface area contributed by atoms with Crippen LogP contribution in [0.4, 0.5) is 0 Å². The number of hydrogen-bond acceptors (Lipinski definition) is 3. The van der Waals surface area contributed by atoms with E-state index in [0.717, 1.165) is 36.3 Å². The largest absolute Gasteiger partial charge is 0.464 e. The highest BCUT2D eigenvalue weighted by atomic mass is 16.3. The first-order valence-corrected chi connectivity index (χ1v) is 11.2. The summed E-state index contributed by atoms with van der Waals surface area (Å²) in [5.41, 5.74) is 2.92. The smallest absolute Gasteiger partial charge is 0.254 e. The van der Waals surface area contributed by atoms with Gasteiger partial charge < -0.3 is 14.2 Å². The zero-order valence-electron chi connectivity index (χ0n) is 18.8. The number of carbonyl (C=O) groups excluding carboxylic acids is 2. The Hall–Kier alpha value is -3.34. The lowest BCUT2D eigenvalue weighted by atomic mass is 10.1. The molecule has 0 radical (unpaired) electrons. The van der Waals surface area contributed by atoms with Crippen LogP contribution in [0.25, 0.3) is 0 Å². The maximum atomic E-state index is 13.4. The molecular weight excluding hydrogens is 400 g/mol. The van der Waals surface area contributed by atoms with E-state index in [1.54, 1.807) is 4.90 Å². The van der Waals surface area contributed by atoms with Gasteiger partial charge in [0.05, 0.1) is 6.54 Å². The molecule has 1 fully saturated rings. The summed E-state index contributed by atoms with van der Waals surface area (Å²) < 4.78 is 5.73. The highest BCUT2D eigenvalue weighted by molar-refractivity contribution is 5.97. The van der Waals surface area contributed by atoms with Gasteiger partial charge in [-0.3, -0.25) is 9.59 Å². The number of hydrogen-bond donors (Lipinski definition) is 0. The van der Waals surface area contributed by atoms with Crippen LogP contribution in [0.3, 0.4) is 0 Å². The number of nitrogens with zero attached hydrogens (tertiary/aromatic N) is 2. The van der Waals surface area contributed by atoms with Gasteiger partial charge in [-0.05, 0) is 62.9 Å². The van der Waals surface area contributed by atoms with E-state index in [-0.39, 0.29) is 24.4 Å². The number of carbonyl (C=O) groups is 2. The molecule has 5 heteroatoms. The fourth-order valence-electron chi connectivity index (χ4n) is 3.82. The Morgan fingerprint density at radius 3 is 2.28 bits per heavy atom. The number of benzene rings is 2. The summed E-state index contributed by atoms with van der Waals surface area (Å²) in [6, 6.07) is 21.7.